The van der Waals surface area contributed by atoms with Crippen LogP contribution >= 0.6 is 0 Å². The summed E-state index contributed by atoms with van der Waals surface area (Å²) in [5, 5.41) is 3.47. The Morgan fingerprint density at radius 1 is 0.947 bits per heavy atom. The largest absolute Gasteiger partial charge is 0.497 e. The van der Waals surface area contributed by atoms with E-state index in [2.05, 4.69) is 17.4 Å². The molecule has 0 aliphatic rings. The van der Waals surface area contributed by atoms with Crippen LogP contribution in [0.15, 0.2) is 54.6 Å². The molecule has 0 radical (unpaired) electrons. The highest BCUT2D eigenvalue weighted by molar-refractivity contribution is 5.48. The third kappa shape index (κ3) is 3.73. The molecule has 100 valence electrons. The molecular formula is C16H19NO2. The maximum absolute atomic E-state index is 5.29. The van der Waals surface area contributed by atoms with Crippen LogP contribution in [0.5, 0.6) is 5.75 Å². The van der Waals surface area contributed by atoms with Gasteiger partial charge in [-0.15, -0.1) is 0 Å². The van der Waals surface area contributed by atoms with Gasteiger partial charge in [0.15, 0.2) is 0 Å². The van der Waals surface area contributed by atoms with Crippen molar-refractivity contribution in [2.75, 3.05) is 26.1 Å². The maximum Gasteiger partial charge on any atom is 0.119 e. The smallest absolute Gasteiger partial charge is 0.119 e. The van der Waals surface area contributed by atoms with E-state index in [1.807, 2.05) is 42.5 Å². The van der Waals surface area contributed by atoms with Gasteiger partial charge in [-0.2, -0.15) is 0 Å². The second-order valence-corrected chi connectivity index (χ2v) is 4.29. The molecule has 0 amide bonds. The van der Waals surface area contributed by atoms with Crippen molar-refractivity contribution >= 4 is 5.69 Å². The fourth-order valence-corrected chi connectivity index (χ4v) is 1.96. The molecule has 1 N–H and O–H groups in total. The molecule has 0 fully saturated rings. The van der Waals surface area contributed by atoms with Gasteiger partial charge >= 0.3 is 0 Å². The van der Waals surface area contributed by atoms with Crippen molar-refractivity contribution in [3.8, 4) is 5.75 Å². The predicted octanol–water partition coefficient (Wildman–Crippen LogP) is 3.49. The van der Waals surface area contributed by atoms with Crippen molar-refractivity contribution in [2.45, 2.75) is 6.04 Å². The predicted molar refractivity (Wildman–Crippen MR) is 77.7 cm³/mol. The lowest BCUT2D eigenvalue weighted by Gasteiger charge is -2.19. The number of ether oxygens (including phenoxy) is 2. The molecule has 3 heteroatoms. The van der Waals surface area contributed by atoms with Gasteiger partial charge in [0.1, 0.15) is 5.75 Å². The van der Waals surface area contributed by atoms with E-state index in [1.54, 1.807) is 14.2 Å². The molecule has 0 aliphatic heterocycles. The standard InChI is InChI=1S/C16H19NO2/c1-18-12-16(13-6-4-3-5-7-13)17-14-8-10-15(19-2)11-9-14/h3-11,16-17H,12H2,1-2H3. The normalized spacial score (nSPS) is 11.9. The summed E-state index contributed by atoms with van der Waals surface area (Å²) in [6.45, 7) is 0.621. The van der Waals surface area contributed by atoms with Crippen molar-refractivity contribution in [2.24, 2.45) is 0 Å². The molecule has 1 unspecified atom stereocenters. The van der Waals surface area contributed by atoms with Gasteiger partial charge in [-0.25, -0.2) is 0 Å². The fraction of sp³-hybridized carbons (Fsp3) is 0.250. The van der Waals surface area contributed by atoms with Crippen LogP contribution in [0.4, 0.5) is 5.69 Å². The Labute approximate surface area is 114 Å². The zero-order valence-corrected chi connectivity index (χ0v) is 11.3. The maximum atomic E-state index is 5.29. The number of hydrogen-bond acceptors (Lipinski definition) is 3. The van der Waals surface area contributed by atoms with Gasteiger partial charge < -0.3 is 14.8 Å². The van der Waals surface area contributed by atoms with Crippen molar-refractivity contribution < 1.29 is 9.47 Å². The minimum Gasteiger partial charge on any atom is -0.497 e. The third-order valence-electron chi connectivity index (χ3n) is 2.97. The first-order valence-corrected chi connectivity index (χ1v) is 6.28. The summed E-state index contributed by atoms with van der Waals surface area (Å²) < 4.78 is 10.4. The first kappa shape index (κ1) is 13.4. The molecule has 0 aromatic heterocycles. The number of methoxy groups -OCH3 is 2. The zero-order valence-electron chi connectivity index (χ0n) is 11.3. The lowest BCUT2D eigenvalue weighted by molar-refractivity contribution is 0.186. The summed E-state index contributed by atoms with van der Waals surface area (Å²) in [6.07, 6.45) is 0. The molecule has 3 nitrogen and oxygen atoms in total. The van der Waals surface area contributed by atoms with Crippen LogP contribution in [0.1, 0.15) is 11.6 Å². The van der Waals surface area contributed by atoms with E-state index in [0.717, 1.165) is 11.4 Å². The van der Waals surface area contributed by atoms with E-state index in [1.165, 1.54) is 5.56 Å². The molecule has 0 aliphatic carbocycles. The van der Waals surface area contributed by atoms with Gasteiger partial charge in [-0.3, -0.25) is 0 Å². The highest BCUT2D eigenvalue weighted by Gasteiger charge is 2.10. The van der Waals surface area contributed by atoms with E-state index >= 15 is 0 Å². The van der Waals surface area contributed by atoms with E-state index < -0.39 is 0 Å². The van der Waals surface area contributed by atoms with Crippen molar-refractivity contribution in [3.63, 3.8) is 0 Å². The molecule has 0 spiro atoms. The monoisotopic (exact) mass is 257 g/mol. The molecule has 0 heterocycles. The summed E-state index contributed by atoms with van der Waals surface area (Å²) in [4.78, 5) is 0. The molecule has 0 saturated heterocycles. The van der Waals surface area contributed by atoms with Gasteiger partial charge in [0.25, 0.3) is 0 Å². The van der Waals surface area contributed by atoms with Crippen LogP contribution in [0, 0.1) is 0 Å². The van der Waals surface area contributed by atoms with E-state index in [0.29, 0.717) is 6.61 Å². The summed E-state index contributed by atoms with van der Waals surface area (Å²) in [6, 6.07) is 18.3. The molecule has 0 bridgehead atoms. The topological polar surface area (TPSA) is 30.5 Å². The minimum atomic E-state index is 0.139. The highest BCUT2D eigenvalue weighted by atomic mass is 16.5. The lowest BCUT2D eigenvalue weighted by Crippen LogP contribution is -2.16. The summed E-state index contributed by atoms with van der Waals surface area (Å²) in [5.74, 6) is 0.855. The third-order valence-corrected chi connectivity index (χ3v) is 2.97. The van der Waals surface area contributed by atoms with Crippen LogP contribution in [-0.2, 0) is 4.74 Å². The summed E-state index contributed by atoms with van der Waals surface area (Å²) in [5.41, 5.74) is 2.26. The van der Waals surface area contributed by atoms with Gasteiger partial charge in [-0.05, 0) is 29.8 Å². The quantitative estimate of drug-likeness (QED) is 0.859. The first-order chi connectivity index (χ1) is 9.33. The van der Waals surface area contributed by atoms with Crippen molar-refractivity contribution in [1.29, 1.82) is 0 Å². The zero-order chi connectivity index (χ0) is 13.5. The first-order valence-electron chi connectivity index (χ1n) is 6.28. The van der Waals surface area contributed by atoms with E-state index in [4.69, 9.17) is 9.47 Å². The Kier molecular flexibility index (Phi) is 4.81. The molecule has 2 aromatic carbocycles. The van der Waals surface area contributed by atoms with Crippen LogP contribution in [0.2, 0.25) is 0 Å². The average molecular weight is 257 g/mol. The van der Waals surface area contributed by atoms with Gasteiger partial charge in [-0.1, -0.05) is 30.3 Å². The number of nitrogens with one attached hydrogen (secondary N) is 1. The summed E-state index contributed by atoms with van der Waals surface area (Å²) in [7, 11) is 3.38. The van der Waals surface area contributed by atoms with E-state index in [-0.39, 0.29) is 6.04 Å². The van der Waals surface area contributed by atoms with Gasteiger partial charge in [0.05, 0.1) is 19.8 Å². The molecule has 0 saturated carbocycles. The van der Waals surface area contributed by atoms with Crippen molar-refractivity contribution in [1.82, 2.24) is 0 Å². The summed E-state index contributed by atoms with van der Waals surface area (Å²) >= 11 is 0. The van der Waals surface area contributed by atoms with Crippen molar-refractivity contribution in [3.05, 3.63) is 60.2 Å². The fourth-order valence-electron chi connectivity index (χ4n) is 1.96. The van der Waals surface area contributed by atoms with E-state index in [9.17, 15) is 0 Å². The average Bonchev–Trinajstić information content (AvgIpc) is 2.48. The Morgan fingerprint density at radius 2 is 1.63 bits per heavy atom. The lowest BCUT2D eigenvalue weighted by atomic mass is 10.1. The number of rotatable bonds is 6. The second-order valence-electron chi connectivity index (χ2n) is 4.29. The molecule has 2 rings (SSSR count). The number of benzene rings is 2. The Balaban J connectivity index is 2.11. The second kappa shape index (κ2) is 6.81. The molecule has 1 atom stereocenters. The number of hydrogen-bond donors (Lipinski definition) is 1. The molecule has 2 aromatic rings. The van der Waals surface area contributed by atoms with Crippen LogP contribution in [0.25, 0.3) is 0 Å². The Bertz CT molecular complexity index is 482. The number of anilines is 1. The molecular weight excluding hydrogens is 238 g/mol. The van der Waals surface area contributed by atoms with Crippen LogP contribution in [-0.4, -0.2) is 20.8 Å². The van der Waals surface area contributed by atoms with Crippen LogP contribution in [0.3, 0.4) is 0 Å². The van der Waals surface area contributed by atoms with Crippen LogP contribution < -0.4 is 10.1 Å². The SMILES string of the molecule is COCC(Nc1ccc(OC)cc1)c1ccccc1. The minimum absolute atomic E-state index is 0.139. The molecule has 19 heavy (non-hydrogen) atoms. The van der Waals surface area contributed by atoms with Gasteiger partial charge in [0, 0.05) is 12.8 Å². The highest BCUT2D eigenvalue weighted by Crippen LogP contribution is 2.21. The Hall–Kier alpha value is -2.00. The Morgan fingerprint density at radius 3 is 2.21 bits per heavy atom. The van der Waals surface area contributed by atoms with Gasteiger partial charge in [0.2, 0.25) is 0 Å².